The standard InChI is InChI=1S/C18H23N5O3S/c1-10(24)7-22(8-11(2)25)18(26)15-20-16-14-12-5-3-4-6-13(12)27-17(14)19-9-23(16)21-15/h9-11,24-25H,3-8H2,1-2H3/t10-,11-/m0/s1. The Bertz CT molecular complexity index is 984. The number of aliphatic hydroxyl groups excluding tert-OH is 2. The van der Waals surface area contributed by atoms with E-state index in [1.54, 1.807) is 36.0 Å². The first-order valence-corrected chi connectivity index (χ1v) is 10.1. The topological polar surface area (TPSA) is 104 Å². The Morgan fingerprint density at radius 1 is 1.26 bits per heavy atom. The Morgan fingerprint density at radius 3 is 2.67 bits per heavy atom. The van der Waals surface area contributed by atoms with Gasteiger partial charge in [-0.3, -0.25) is 4.79 Å². The quantitative estimate of drug-likeness (QED) is 0.684. The Balaban J connectivity index is 1.77. The van der Waals surface area contributed by atoms with E-state index in [9.17, 15) is 15.0 Å². The molecular weight excluding hydrogens is 366 g/mol. The van der Waals surface area contributed by atoms with Crippen LogP contribution in [0.5, 0.6) is 0 Å². The first-order chi connectivity index (χ1) is 12.9. The zero-order chi connectivity index (χ0) is 19.1. The molecule has 0 spiro atoms. The average molecular weight is 389 g/mol. The van der Waals surface area contributed by atoms with Crippen molar-refractivity contribution in [3.05, 3.63) is 22.6 Å². The van der Waals surface area contributed by atoms with Gasteiger partial charge in [-0.25, -0.2) is 14.5 Å². The Morgan fingerprint density at radius 2 is 1.96 bits per heavy atom. The highest BCUT2D eigenvalue weighted by atomic mass is 32.1. The number of thiophene rings is 1. The molecule has 0 aliphatic heterocycles. The predicted octanol–water partition coefficient (Wildman–Crippen LogP) is 1.42. The normalized spacial score (nSPS) is 16.4. The zero-order valence-corrected chi connectivity index (χ0v) is 16.2. The van der Waals surface area contributed by atoms with Gasteiger partial charge in [-0.2, -0.15) is 0 Å². The van der Waals surface area contributed by atoms with E-state index < -0.39 is 18.1 Å². The highest BCUT2D eigenvalue weighted by molar-refractivity contribution is 7.19. The molecule has 0 bridgehead atoms. The largest absolute Gasteiger partial charge is 0.392 e. The van der Waals surface area contributed by atoms with Crippen molar-refractivity contribution in [1.82, 2.24) is 24.5 Å². The summed E-state index contributed by atoms with van der Waals surface area (Å²) in [5, 5.41) is 24.7. The van der Waals surface area contributed by atoms with E-state index >= 15 is 0 Å². The number of fused-ring (bicyclic) bond motifs is 5. The van der Waals surface area contributed by atoms with Gasteiger partial charge in [0, 0.05) is 18.0 Å². The predicted molar refractivity (Wildman–Crippen MR) is 102 cm³/mol. The lowest BCUT2D eigenvalue weighted by Crippen LogP contribution is -2.41. The number of carbonyl (C=O) groups is 1. The molecule has 2 N–H and O–H groups in total. The van der Waals surface area contributed by atoms with E-state index in [1.165, 1.54) is 21.8 Å². The number of rotatable bonds is 5. The van der Waals surface area contributed by atoms with Crippen LogP contribution in [-0.4, -0.2) is 65.9 Å². The van der Waals surface area contributed by atoms with Crippen molar-refractivity contribution < 1.29 is 15.0 Å². The first-order valence-electron chi connectivity index (χ1n) is 9.25. The van der Waals surface area contributed by atoms with Crippen LogP contribution in [0.1, 0.15) is 47.7 Å². The second-order valence-corrected chi connectivity index (χ2v) is 8.33. The van der Waals surface area contributed by atoms with Crippen LogP contribution in [0, 0.1) is 0 Å². The molecule has 0 saturated carbocycles. The van der Waals surface area contributed by atoms with E-state index in [-0.39, 0.29) is 18.9 Å². The van der Waals surface area contributed by atoms with Gasteiger partial charge in [0.25, 0.3) is 5.91 Å². The summed E-state index contributed by atoms with van der Waals surface area (Å²) in [7, 11) is 0. The van der Waals surface area contributed by atoms with Crippen LogP contribution in [-0.2, 0) is 12.8 Å². The number of carbonyl (C=O) groups excluding carboxylic acids is 1. The van der Waals surface area contributed by atoms with Gasteiger partial charge in [0.2, 0.25) is 5.82 Å². The highest BCUT2D eigenvalue weighted by Gasteiger charge is 2.25. The molecule has 4 rings (SSSR count). The van der Waals surface area contributed by atoms with Gasteiger partial charge in [0.1, 0.15) is 11.2 Å². The van der Waals surface area contributed by atoms with Gasteiger partial charge < -0.3 is 15.1 Å². The molecule has 8 nitrogen and oxygen atoms in total. The first kappa shape index (κ1) is 18.3. The van der Waals surface area contributed by atoms with Crippen LogP contribution in [0.25, 0.3) is 15.9 Å². The molecule has 0 aromatic carbocycles. The average Bonchev–Trinajstić information content (AvgIpc) is 3.20. The lowest BCUT2D eigenvalue weighted by Gasteiger charge is -2.23. The Hall–Kier alpha value is -2.10. The summed E-state index contributed by atoms with van der Waals surface area (Å²) < 4.78 is 1.56. The highest BCUT2D eigenvalue weighted by Crippen LogP contribution is 2.36. The fourth-order valence-electron chi connectivity index (χ4n) is 3.66. The number of aliphatic hydroxyl groups is 2. The van der Waals surface area contributed by atoms with E-state index in [2.05, 4.69) is 15.1 Å². The summed E-state index contributed by atoms with van der Waals surface area (Å²) in [4.78, 5) is 25.6. The summed E-state index contributed by atoms with van der Waals surface area (Å²) in [5.41, 5.74) is 1.94. The molecule has 0 fully saturated rings. The second-order valence-electron chi connectivity index (χ2n) is 7.25. The van der Waals surface area contributed by atoms with Crippen LogP contribution < -0.4 is 0 Å². The summed E-state index contributed by atoms with van der Waals surface area (Å²) >= 11 is 1.70. The number of hydrogen-bond donors (Lipinski definition) is 2. The van der Waals surface area contributed by atoms with Crippen molar-refractivity contribution in [3.8, 4) is 0 Å². The van der Waals surface area contributed by atoms with Crippen molar-refractivity contribution in [2.75, 3.05) is 13.1 Å². The van der Waals surface area contributed by atoms with Crippen LogP contribution in [0.2, 0.25) is 0 Å². The molecule has 1 amide bonds. The molecule has 27 heavy (non-hydrogen) atoms. The molecule has 1 aliphatic carbocycles. The third kappa shape index (κ3) is 3.42. The number of aryl methyl sites for hydroxylation is 2. The van der Waals surface area contributed by atoms with E-state index in [1.807, 2.05) is 0 Å². The van der Waals surface area contributed by atoms with Crippen LogP contribution in [0.4, 0.5) is 0 Å². The van der Waals surface area contributed by atoms with Gasteiger partial charge in [-0.15, -0.1) is 16.4 Å². The lowest BCUT2D eigenvalue weighted by atomic mass is 9.97. The Labute approximate surface area is 160 Å². The van der Waals surface area contributed by atoms with E-state index in [4.69, 9.17) is 0 Å². The third-order valence-electron chi connectivity index (χ3n) is 4.74. The number of aromatic nitrogens is 4. The van der Waals surface area contributed by atoms with Crippen LogP contribution >= 0.6 is 11.3 Å². The molecular formula is C18H23N5O3S. The van der Waals surface area contributed by atoms with Gasteiger partial charge in [0.05, 0.1) is 17.6 Å². The molecule has 0 radical (unpaired) electrons. The van der Waals surface area contributed by atoms with Crippen molar-refractivity contribution in [2.24, 2.45) is 0 Å². The van der Waals surface area contributed by atoms with Crippen LogP contribution in [0.15, 0.2) is 6.33 Å². The fourth-order valence-corrected chi connectivity index (χ4v) is 4.89. The summed E-state index contributed by atoms with van der Waals surface area (Å²) in [6.07, 6.45) is 4.60. The Kier molecular flexibility index (Phi) is 4.83. The van der Waals surface area contributed by atoms with Gasteiger partial charge in [-0.05, 0) is 45.1 Å². The van der Waals surface area contributed by atoms with Gasteiger partial charge in [0.15, 0.2) is 5.65 Å². The van der Waals surface area contributed by atoms with E-state index in [0.29, 0.717) is 5.65 Å². The second kappa shape index (κ2) is 7.14. The minimum Gasteiger partial charge on any atom is -0.392 e. The van der Waals surface area contributed by atoms with E-state index in [0.717, 1.165) is 29.5 Å². The maximum Gasteiger partial charge on any atom is 0.293 e. The van der Waals surface area contributed by atoms with Crippen molar-refractivity contribution in [3.63, 3.8) is 0 Å². The smallest absolute Gasteiger partial charge is 0.293 e. The molecule has 0 unspecified atom stereocenters. The molecule has 3 aromatic rings. The number of nitrogens with zero attached hydrogens (tertiary/aromatic N) is 5. The monoisotopic (exact) mass is 389 g/mol. The number of hydrogen-bond acceptors (Lipinski definition) is 7. The summed E-state index contributed by atoms with van der Waals surface area (Å²) in [6.45, 7) is 3.43. The van der Waals surface area contributed by atoms with Gasteiger partial charge >= 0.3 is 0 Å². The molecule has 1 aliphatic rings. The van der Waals surface area contributed by atoms with Crippen LogP contribution in [0.3, 0.4) is 0 Å². The molecule has 2 atom stereocenters. The molecule has 0 saturated heterocycles. The maximum absolute atomic E-state index is 12.9. The SMILES string of the molecule is C[C@H](O)CN(C[C@H](C)O)C(=O)c1nc2c3c4c(sc3ncn2n1)CCCC4. The maximum atomic E-state index is 12.9. The van der Waals surface area contributed by atoms with Gasteiger partial charge in [-0.1, -0.05) is 0 Å². The van der Waals surface area contributed by atoms with Crippen molar-refractivity contribution in [2.45, 2.75) is 51.7 Å². The third-order valence-corrected chi connectivity index (χ3v) is 5.94. The minimum atomic E-state index is -0.706. The molecule has 144 valence electrons. The van der Waals surface area contributed by atoms with Crippen molar-refractivity contribution in [1.29, 1.82) is 0 Å². The zero-order valence-electron chi connectivity index (χ0n) is 15.4. The summed E-state index contributed by atoms with van der Waals surface area (Å²) in [5.74, 6) is -0.348. The molecule has 9 heteroatoms. The number of amides is 1. The molecule has 3 aromatic heterocycles. The van der Waals surface area contributed by atoms with Crippen molar-refractivity contribution >= 4 is 33.1 Å². The summed E-state index contributed by atoms with van der Waals surface area (Å²) in [6, 6.07) is 0. The lowest BCUT2D eigenvalue weighted by molar-refractivity contribution is 0.0507. The minimum absolute atomic E-state index is 0.0568. The molecule has 3 heterocycles. The fraction of sp³-hybridized carbons (Fsp3) is 0.556.